The quantitative estimate of drug-likeness (QED) is 0.794. The van der Waals surface area contributed by atoms with Crippen LogP contribution in [0.4, 0.5) is 4.39 Å². The molecule has 16 heavy (non-hydrogen) atoms. The molecule has 0 amide bonds. The van der Waals surface area contributed by atoms with E-state index in [4.69, 9.17) is 12.2 Å². The Hall–Kier alpha value is -1.16. The number of halogens is 1. The summed E-state index contributed by atoms with van der Waals surface area (Å²) in [6, 6.07) is 5.23. The third kappa shape index (κ3) is 3.45. The third-order valence-corrected chi connectivity index (χ3v) is 2.64. The number of aryl methyl sites for hydroxylation is 1. The molecule has 1 aromatic rings. The average Bonchev–Trinajstić information content (AvgIpc) is 2.22. The van der Waals surface area contributed by atoms with Crippen LogP contribution in [0.25, 0.3) is 0 Å². The van der Waals surface area contributed by atoms with Gasteiger partial charge >= 0.3 is 0 Å². The maximum Gasteiger partial charge on any atom is 0.166 e. The molecule has 0 saturated carbocycles. The van der Waals surface area contributed by atoms with Gasteiger partial charge in [-0.1, -0.05) is 12.1 Å². The zero-order valence-corrected chi connectivity index (χ0v) is 10.6. The van der Waals surface area contributed by atoms with Gasteiger partial charge in [-0.2, -0.15) is 0 Å². The van der Waals surface area contributed by atoms with Crippen molar-refractivity contribution in [3.63, 3.8) is 0 Å². The topological polar surface area (TPSA) is 24.1 Å². The maximum atomic E-state index is 13.3. The van der Waals surface area contributed by atoms with Crippen LogP contribution in [0.5, 0.6) is 0 Å². The first kappa shape index (κ1) is 12.9. The van der Waals surface area contributed by atoms with Crippen LogP contribution in [-0.4, -0.2) is 11.7 Å². The van der Waals surface area contributed by atoms with Crippen LogP contribution in [0.15, 0.2) is 18.2 Å². The van der Waals surface area contributed by atoms with Gasteiger partial charge in [0.2, 0.25) is 0 Å². The van der Waals surface area contributed by atoms with Gasteiger partial charge in [-0.15, -0.1) is 0 Å². The molecule has 1 atom stereocenters. The Kier molecular flexibility index (Phi) is 4.68. The first-order valence-electron chi connectivity index (χ1n) is 5.35. The Bertz CT molecular complexity index is 379. The average molecular weight is 240 g/mol. The minimum Gasteiger partial charge on any atom is -0.363 e. The summed E-state index contributed by atoms with van der Waals surface area (Å²) in [4.78, 5) is 0. The highest BCUT2D eigenvalue weighted by molar-refractivity contribution is 7.80. The van der Waals surface area contributed by atoms with Crippen LogP contribution < -0.4 is 10.6 Å². The van der Waals surface area contributed by atoms with Gasteiger partial charge in [0.1, 0.15) is 5.82 Å². The van der Waals surface area contributed by atoms with E-state index >= 15 is 0 Å². The number of rotatable bonds is 3. The van der Waals surface area contributed by atoms with Crippen LogP contribution in [0, 0.1) is 12.7 Å². The van der Waals surface area contributed by atoms with Crippen LogP contribution >= 0.6 is 12.2 Å². The predicted octanol–water partition coefficient (Wildman–Crippen LogP) is 2.68. The molecule has 1 rings (SSSR count). The van der Waals surface area contributed by atoms with Crippen molar-refractivity contribution in [3.05, 3.63) is 35.1 Å². The van der Waals surface area contributed by atoms with Crippen molar-refractivity contribution in [1.82, 2.24) is 10.6 Å². The fraction of sp³-hybridized carbons (Fsp3) is 0.417. The molecule has 2 N–H and O–H groups in total. The van der Waals surface area contributed by atoms with Gasteiger partial charge < -0.3 is 10.6 Å². The van der Waals surface area contributed by atoms with E-state index < -0.39 is 0 Å². The molecule has 0 aliphatic rings. The van der Waals surface area contributed by atoms with E-state index in [-0.39, 0.29) is 11.9 Å². The van der Waals surface area contributed by atoms with Gasteiger partial charge in [0.25, 0.3) is 0 Å². The van der Waals surface area contributed by atoms with Gasteiger partial charge in [-0.3, -0.25) is 0 Å². The van der Waals surface area contributed by atoms with Crippen molar-refractivity contribution in [3.8, 4) is 0 Å². The lowest BCUT2D eigenvalue weighted by molar-refractivity contribution is 0.608. The number of nitrogens with one attached hydrogen (secondary N) is 2. The van der Waals surface area contributed by atoms with Gasteiger partial charge in [-0.05, 0) is 50.2 Å². The maximum absolute atomic E-state index is 13.3. The SMILES string of the molecule is CCNC(=S)NC(C)c1ccc(C)c(F)c1. The zero-order chi connectivity index (χ0) is 12.1. The molecule has 0 aliphatic heterocycles. The summed E-state index contributed by atoms with van der Waals surface area (Å²) in [5.74, 6) is -0.180. The first-order chi connectivity index (χ1) is 7.54. The molecule has 0 fully saturated rings. The molecular weight excluding hydrogens is 223 g/mol. The number of hydrogen-bond acceptors (Lipinski definition) is 1. The molecule has 4 heteroatoms. The van der Waals surface area contributed by atoms with Gasteiger partial charge in [0.15, 0.2) is 5.11 Å². The summed E-state index contributed by atoms with van der Waals surface area (Å²) in [7, 11) is 0. The summed E-state index contributed by atoms with van der Waals surface area (Å²) in [6.07, 6.45) is 0. The monoisotopic (exact) mass is 240 g/mol. The van der Waals surface area contributed by atoms with E-state index in [1.807, 2.05) is 19.9 Å². The molecule has 1 aromatic carbocycles. The molecule has 0 spiro atoms. The lowest BCUT2D eigenvalue weighted by atomic mass is 10.1. The molecule has 0 saturated heterocycles. The highest BCUT2D eigenvalue weighted by Crippen LogP contribution is 2.15. The Labute approximate surface area is 101 Å². The van der Waals surface area contributed by atoms with Gasteiger partial charge in [0, 0.05) is 6.54 Å². The van der Waals surface area contributed by atoms with Crippen LogP contribution in [0.3, 0.4) is 0 Å². The van der Waals surface area contributed by atoms with E-state index in [0.29, 0.717) is 10.7 Å². The zero-order valence-electron chi connectivity index (χ0n) is 9.80. The minimum atomic E-state index is -0.180. The van der Waals surface area contributed by atoms with E-state index in [2.05, 4.69) is 10.6 Å². The fourth-order valence-electron chi connectivity index (χ4n) is 1.37. The lowest BCUT2D eigenvalue weighted by Crippen LogP contribution is -2.36. The number of benzene rings is 1. The molecule has 0 radical (unpaired) electrons. The second kappa shape index (κ2) is 5.80. The summed E-state index contributed by atoms with van der Waals surface area (Å²) in [6.45, 7) is 6.46. The van der Waals surface area contributed by atoms with Gasteiger partial charge in [0.05, 0.1) is 6.04 Å². The van der Waals surface area contributed by atoms with Crippen molar-refractivity contribution < 1.29 is 4.39 Å². The van der Waals surface area contributed by atoms with Crippen molar-refractivity contribution in [2.75, 3.05) is 6.54 Å². The number of hydrogen-bond donors (Lipinski definition) is 2. The van der Waals surface area contributed by atoms with E-state index in [0.717, 1.165) is 12.1 Å². The molecular formula is C12H17FN2S. The third-order valence-electron chi connectivity index (χ3n) is 2.38. The molecule has 0 heterocycles. The highest BCUT2D eigenvalue weighted by Gasteiger charge is 2.08. The Morgan fingerprint density at radius 2 is 2.19 bits per heavy atom. The summed E-state index contributed by atoms with van der Waals surface area (Å²) in [5, 5.41) is 6.69. The molecule has 88 valence electrons. The smallest absolute Gasteiger partial charge is 0.166 e. The van der Waals surface area contributed by atoms with Crippen molar-refractivity contribution in [2.24, 2.45) is 0 Å². The summed E-state index contributed by atoms with van der Waals surface area (Å²) < 4.78 is 13.3. The molecule has 0 bridgehead atoms. The minimum absolute atomic E-state index is 0.00153. The molecule has 0 aromatic heterocycles. The summed E-state index contributed by atoms with van der Waals surface area (Å²) in [5.41, 5.74) is 1.55. The standard InChI is InChI=1S/C12H17FN2S/c1-4-14-12(16)15-9(3)10-6-5-8(2)11(13)7-10/h5-7,9H,4H2,1-3H3,(H2,14,15,16). The molecule has 2 nitrogen and oxygen atoms in total. The van der Waals surface area contributed by atoms with Crippen LogP contribution in [0.1, 0.15) is 31.0 Å². The summed E-state index contributed by atoms with van der Waals surface area (Å²) >= 11 is 5.07. The second-order valence-electron chi connectivity index (χ2n) is 3.73. The van der Waals surface area contributed by atoms with Crippen molar-refractivity contribution in [2.45, 2.75) is 26.8 Å². The first-order valence-corrected chi connectivity index (χ1v) is 5.75. The van der Waals surface area contributed by atoms with E-state index in [1.165, 1.54) is 0 Å². The highest BCUT2D eigenvalue weighted by atomic mass is 32.1. The Morgan fingerprint density at radius 3 is 2.75 bits per heavy atom. The van der Waals surface area contributed by atoms with E-state index in [1.54, 1.807) is 19.1 Å². The van der Waals surface area contributed by atoms with E-state index in [9.17, 15) is 4.39 Å². The van der Waals surface area contributed by atoms with Crippen molar-refractivity contribution >= 4 is 17.3 Å². The lowest BCUT2D eigenvalue weighted by Gasteiger charge is -2.17. The van der Waals surface area contributed by atoms with Crippen LogP contribution in [0.2, 0.25) is 0 Å². The molecule has 0 aliphatic carbocycles. The largest absolute Gasteiger partial charge is 0.363 e. The Morgan fingerprint density at radius 1 is 1.50 bits per heavy atom. The van der Waals surface area contributed by atoms with Crippen LogP contribution in [-0.2, 0) is 0 Å². The normalized spacial score (nSPS) is 12.0. The van der Waals surface area contributed by atoms with Gasteiger partial charge in [-0.25, -0.2) is 4.39 Å². The van der Waals surface area contributed by atoms with Crippen molar-refractivity contribution in [1.29, 1.82) is 0 Å². The predicted molar refractivity (Wildman–Crippen MR) is 69.0 cm³/mol. The Balaban J connectivity index is 2.69. The second-order valence-corrected chi connectivity index (χ2v) is 4.14. The fourth-order valence-corrected chi connectivity index (χ4v) is 1.69. The molecule has 1 unspecified atom stereocenters. The number of thiocarbonyl (C=S) groups is 1.